The van der Waals surface area contributed by atoms with Crippen LogP contribution in [-0.2, 0) is 4.79 Å². The molecule has 2 rings (SSSR count). The van der Waals surface area contributed by atoms with E-state index in [1.165, 1.54) is 0 Å². The molecule has 2 aliphatic heterocycles. The number of carbonyl (C=O) groups is 1. The molecule has 4 heteroatoms. The molecule has 0 spiro atoms. The van der Waals surface area contributed by atoms with Crippen molar-refractivity contribution < 1.29 is 4.79 Å². The molecule has 2 unspecified atom stereocenters. The highest BCUT2D eigenvalue weighted by atomic mass is 16.2. The van der Waals surface area contributed by atoms with Gasteiger partial charge in [-0.05, 0) is 12.5 Å². The Hall–Kier alpha value is -0.870. The second kappa shape index (κ2) is 5.65. The first-order chi connectivity index (χ1) is 8.22. The largest absolute Gasteiger partial charge is 0.340 e. The fraction of sp³-hybridized carbons (Fsp3) is 0.769. The number of hydrogen-bond donors (Lipinski definition) is 1. The van der Waals surface area contributed by atoms with Crippen LogP contribution in [0.5, 0.6) is 0 Å². The smallest absolute Gasteiger partial charge is 0.227 e. The summed E-state index contributed by atoms with van der Waals surface area (Å²) in [7, 11) is 0. The van der Waals surface area contributed by atoms with Crippen molar-refractivity contribution >= 4 is 5.91 Å². The molecule has 0 aliphatic carbocycles. The Labute approximate surface area is 104 Å². The van der Waals surface area contributed by atoms with Crippen molar-refractivity contribution in [3.63, 3.8) is 0 Å². The number of nitrogens with one attached hydrogen (secondary N) is 1. The summed E-state index contributed by atoms with van der Waals surface area (Å²) < 4.78 is 0. The van der Waals surface area contributed by atoms with E-state index < -0.39 is 0 Å². The second-order valence-corrected chi connectivity index (χ2v) is 5.16. The molecule has 0 saturated carbocycles. The molecule has 2 heterocycles. The zero-order valence-corrected chi connectivity index (χ0v) is 10.7. The Morgan fingerprint density at radius 3 is 2.59 bits per heavy atom. The van der Waals surface area contributed by atoms with E-state index in [4.69, 9.17) is 0 Å². The summed E-state index contributed by atoms with van der Waals surface area (Å²) in [6.45, 7) is 12.4. The molecule has 4 nitrogen and oxygen atoms in total. The van der Waals surface area contributed by atoms with E-state index in [2.05, 4.69) is 23.7 Å². The molecule has 0 aromatic heterocycles. The number of carbonyl (C=O) groups excluding carboxylic acids is 1. The van der Waals surface area contributed by atoms with Crippen molar-refractivity contribution in [2.75, 3.05) is 45.8 Å². The van der Waals surface area contributed by atoms with Crippen LogP contribution in [0.4, 0.5) is 0 Å². The molecule has 96 valence electrons. The molecule has 0 aromatic rings. The third-order valence-corrected chi connectivity index (χ3v) is 3.91. The maximum absolute atomic E-state index is 12.3. The number of nitrogens with zero attached hydrogens (tertiary/aromatic N) is 2. The van der Waals surface area contributed by atoms with Crippen LogP contribution >= 0.6 is 0 Å². The first-order valence-corrected chi connectivity index (χ1v) is 6.55. The molecule has 0 bridgehead atoms. The van der Waals surface area contributed by atoms with E-state index in [1.54, 1.807) is 0 Å². The van der Waals surface area contributed by atoms with Gasteiger partial charge in [0.25, 0.3) is 0 Å². The van der Waals surface area contributed by atoms with Gasteiger partial charge in [-0.2, -0.15) is 0 Å². The lowest BCUT2D eigenvalue weighted by molar-refractivity contribution is -0.137. The predicted molar refractivity (Wildman–Crippen MR) is 68.7 cm³/mol. The summed E-state index contributed by atoms with van der Waals surface area (Å²) >= 11 is 0. The molecule has 17 heavy (non-hydrogen) atoms. The van der Waals surface area contributed by atoms with Crippen molar-refractivity contribution in [2.45, 2.75) is 6.92 Å². The van der Waals surface area contributed by atoms with E-state index in [0.29, 0.717) is 11.8 Å². The van der Waals surface area contributed by atoms with Gasteiger partial charge in [0.1, 0.15) is 0 Å². The predicted octanol–water partition coefficient (Wildman–Crippen LogP) is 0.172. The van der Waals surface area contributed by atoms with Gasteiger partial charge in [-0.25, -0.2) is 0 Å². The molecule has 2 aliphatic rings. The lowest BCUT2D eigenvalue weighted by Crippen LogP contribution is -2.51. The van der Waals surface area contributed by atoms with Crippen LogP contribution in [0.3, 0.4) is 0 Å². The highest BCUT2D eigenvalue weighted by Crippen LogP contribution is 2.19. The zero-order valence-electron chi connectivity index (χ0n) is 10.7. The topological polar surface area (TPSA) is 35.6 Å². The fourth-order valence-electron chi connectivity index (χ4n) is 2.71. The van der Waals surface area contributed by atoms with E-state index in [-0.39, 0.29) is 5.92 Å². The molecule has 1 amide bonds. The minimum atomic E-state index is 0.195. The van der Waals surface area contributed by atoms with Crippen LogP contribution in [0.15, 0.2) is 12.7 Å². The third-order valence-electron chi connectivity index (χ3n) is 3.91. The molecule has 2 saturated heterocycles. The van der Waals surface area contributed by atoms with E-state index >= 15 is 0 Å². The van der Waals surface area contributed by atoms with Gasteiger partial charge >= 0.3 is 0 Å². The standard InChI is InChI=1S/C13H23N3O/c1-3-4-15-5-7-16(8-6-15)13(17)12-10-14-9-11(12)2/h3,11-12,14H,1,4-10H2,2H3. The van der Waals surface area contributed by atoms with Crippen LogP contribution in [0.2, 0.25) is 0 Å². The molecule has 0 aromatic carbocycles. The van der Waals surface area contributed by atoms with Gasteiger partial charge in [-0.3, -0.25) is 9.69 Å². The average Bonchev–Trinajstić information content (AvgIpc) is 2.76. The number of hydrogen-bond acceptors (Lipinski definition) is 3. The Balaban J connectivity index is 1.83. The number of amides is 1. The summed E-state index contributed by atoms with van der Waals surface area (Å²) in [4.78, 5) is 16.7. The van der Waals surface area contributed by atoms with E-state index in [0.717, 1.165) is 45.8 Å². The van der Waals surface area contributed by atoms with E-state index in [9.17, 15) is 4.79 Å². The maximum atomic E-state index is 12.3. The summed E-state index contributed by atoms with van der Waals surface area (Å²) in [5.74, 6) is 1.02. The monoisotopic (exact) mass is 237 g/mol. The average molecular weight is 237 g/mol. The van der Waals surface area contributed by atoms with Crippen molar-refractivity contribution in [1.29, 1.82) is 0 Å². The third kappa shape index (κ3) is 2.87. The Morgan fingerprint density at radius 1 is 1.35 bits per heavy atom. The fourth-order valence-corrected chi connectivity index (χ4v) is 2.71. The Kier molecular flexibility index (Phi) is 4.18. The summed E-state index contributed by atoms with van der Waals surface area (Å²) in [5, 5.41) is 3.30. The van der Waals surface area contributed by atoms with Crippen molar-refractivity contribution in [3.8, 4) is 0 Å². The first kappa shape index (κ1) is 12.6. The van der Waals surface area contributed by atoms with E-state index in [1.807, 2.05) is 11.0 Å². The Morgan fingerprint density at radius 2 is 2.06 bits per heavy atom. The van der Waals surface area contributed by atoms with Gasteiger partial charge in [0.15, 0.2) is 0 Å². The summed E-state index contributed by atoms with van der Waals surface area (Å²) in [6.07, 6.45) is 1.93. The molecule has 2 atom stereocenters. The molecule has 1 N–H and O–H groups in total. The highest BCUT2D eigenvalue weighted by molar-refractivity contribution is 5.79. The zero-order chi connectivity index (χ0) is 12.3. The van der Waals surface area contributed by atoms with Crippen LogP contribution in [-0.4, -0.2) is 61.5 Å². The summed E-state index contributed by atoms with van der Waals surface area (Å²) in [5.41, 5.74) is 0. The quantitative estimate of drug-likeness (QED) is 0.711. The van der Waals surface area contributed by atoms with Gasteiger partial charge in [0, 0.05) is 39.3 Å². The van der Waals surface area contributed by atoms with Crippen LogP contribution in [0.1, 0.15) is 6.92 Å². The van der Waals surface area contributed by atoms with Gasteiger partial charge in [0.05, 0.1) is 5.92 Å². The molecular weight excluding hydrogens is 214 g/mol. The van der Waals surface area contributed by atoms with Crippen molar-refractivity contribution in [1.82, 2.24) is 15.1 Å². The minimum absolute atomic E-state index is 0.195. The lowest BCUT2D eigenvalue weighted by atomic mass is 9.96. The highest BCUT2D eigenvalue weighted by Gasteiger charge is 2.33. The minimum Gasteiger partial charge on any atom is -0.340 e. The Bertz CT molecular complexity index is 284. The second-order valence-electron chi connectivity index (χ2n) is 5.16. The van der Waals surface area contributed by atoms with Gasteiger partial charge in [-0.15, -0.1) is 6.58 Å². The molecule has 2 fully saturated rings. The normalized spacial score (nSPS) is 30.5. The van der Waals surface area contributed by atoms with Gasteiger partial charge in [-0.1, -0.05) is 13.0 Å². The van der Waals surface area contributed by atoms with Gasteiger partial charge < -0.3 is 10.2 Å². The molecular formula is C13H23N3O. The number of rotatable bonds is 3. The lowest BCUT2D eigenvalue weighted by Gasteiger charge is -2.35. The van der Waals surface area contributed by atoms with Crippen LogP contribution in [0.25, 0.3) is 0 Å². The molecule has 0 radical (unpaired) electrons. The van der Waals surface area contributed by atoms with Crippen molar-refractivity contribution in [2.24, 2.45) is 11.8 Å². The first-order valence-electron chi connectivity index (χ1n) is 6.55. The van der Waals surface area contributed by atoms with Crippen molar-refractivity contribution in [3.05, 3.63) is 12.7 Å². The van der Waals surface area contributed by atoms with Gasteiger partial charge in [0.2, 0.25) is 5.91 Å². The SMILES string of the molecule is C=CCN1CCN(C(=O)C2CNCC2C)CC1. The van der Waals surface area contributed by atoms with Crippen LogP contribution < -0.4 is 5.32 Å². The maximum Gasteiger partial charge on any atom is 0.227 e. The summed E-state index contributed by atoms with van der Waals surface area (Å²) in [6, 6.07) is 0. The van der Waals surface area contributed by atoms with Crippen LogP contribution in [0, 0.1) is 11.8 Å². The number of piperazine rings is 1.